The maximum absolute atomic E-state index is 4.62. The molecule has 0 aromatic carbocycles. The second-order valence-electron chi connectivity index (χ2n) is 5.97. The lowest BCUT2D eigenvalue weighted by Gasteiger charge is -2.20. The van der Waals surface area contributed by atoms with Crippen molar-refractivity contribution in [2.75, 3.05) is 25.0 Å². The highest BCUT2D eigenvalue weighted by Gasteiger charge is 2.09. The summed E-state index contributed by atoms with van der Waals surface area (Å²) in [6.45, 7) is 15.6. The smallest absolute Gasteiger partial charge is 0.203 e. The molecule has 122 valence electrons. The molecule has 1 aromatic rings. The summed E-state index contributed by atoms with van der Waals surface area (Å²) in [6.07, 6.45) is 7.01. The van der Waals surface area contributed by atoms with Crippen molar-refractivity contribution in [1.29, 1.82) is 0 Å². The Morgan fingerprint density at radius 2 is 1.95 bits per heavy atom. The van der Waals surface area contributed by atoms with Crippen LogP contribution in [-0.2, 0) is 6.54 Å². The fourth-order valence-electron chi connectivity index (χ4n) is 2.61. The number of anilines is 1. The van der Waals surface area contributed by atoms with Gasteiger partial charge in [-0.1, -0.05) is 27.2 Å². The molecule has 0 bridgehead atoms. The lowest BCUT2D eigenvalue weighted by atomic mass is 10.2. The Balaban J connectivity index is 2.41. The highest BCUT2D eigenvalue weighted by Crippen LogP contribution is 2.13. The van der Waals surface area contributed by atoms with Gasteiger partial charge in [0.25, 0.3) is 0 Å². The van der Waals surface area contributed by atoms with E-state index in [1.807, 2.05) is 0 Å². The number of hydrogen-bond donors (Lipinski definition) is 1. The van der Waals surface area contributed by atoms with E-state index in [9.17, 15) is 0 Å². The predicted octanol–water partition coefficient (Wildman–Crippen LogP) is 3.91. The average Bonchev–Trinajstić information content (AvgIpc) is 2.81. The molecule has 1 atom stereocenters. The first kappa shape index (κ1) is 18.0. The quantitative estimate of drug-likeness (QED) is 0.671. The maximum Gasteiger partial charge on any atom is 0.203 e. The van der Waals surface area contributed by atoms with Crippen LogP contribution in [0.25, 0.3) is 0 Å². The molecule has 0 fully saturated rings. The monoisotopic (exact) mass is 294 g/mol. The van der Waals surface area contributed by atoms with Gasteiger partial charge in [-0.15, -0.1) is 0 Å². The Kier molecular flexibility index (Phi) is 8.43. The third kappa shape index (κ3) is 6.51. The topological polar surface area (TPSA) is 33.1 Å². The van der Waals surface area contributed by atoms with Crippen molar-refractivity contribution in [1.82, 2.24) is 14.5 Å². The molecular weight excluding hydrogens is 260 g/mol. The zero-order valence-corrected chi connectivity index (χ0v) is 14.7. The van der Waals surface area contributed by atoms with Crippen LogP contribution in [0.15, 0.2) is 6.20 Å². The summed E-state index contributed by atoms with van der Waals surface area (Å²) in [4.78, 5) is 7.11. The summed E-state index contributed by atoms with van der Waals surface area (Å²) >= 11 is 0. The van der Waals surface area contributed by atoms with Crippen molar-refractivity contribution in [3.05, 3.63) is 11.9 Å². The molecule has 0 aliphatic heterocycles. The molecule has 4 heteroatoms. The van der Waals surface area contributed by atoms with Crippen LogP contribution in [0.5, 0.6) is 0 Å². The first-order chi connectivity index (χ1) is 10.1. The van der Waals surface area contributed by atoms with E-state index < -0.39 is 0 Å². The third-order valence-corrected chi connectivity index (χ3v) is 4.03. The summed E-state index contributed by atoms with van der Waals surface area (Å²) < 4.78 is 2.26. The van der Waals surface area contributed by atoms with Gasteiger partial charge < -0.3 is 14.8 Å². The van der Waals surface area contributed by atoms with Crippen LogP contribution in [0.3, 0.4) is 0 Å². The Morgan fingerprint density at radius 3 is 2.57 bits per heavy atom. The second-order valence-corrected chi connectivity index (χ2v) is 5.97. The molecule has 0 aliphatic carbocycles. The molecule has 1 rings (SSSR count). The Hall–Kier alpha value is -1.03. The van der Waals surface area contributed by atoms with Gasteiger partial charge in [-0.2, -0.15) is 0 Å². The Bertz CT molecular complexity index is 382. The highest BCUT2D eigenvalue weighted by molar-refractivity contribution is 5.29. The van der Waals surface area contributed by atoms with Gasteiger partial charge in [0.15, 0.2) is 0 Å². The van der Waals surface area contributed by atoms with Gasteiger partial charge in [-0.05, 0) is 52.7 Å². The zero-order chi connectivity index (χ0) is 15.7. The van der Waals surface area contributed by atoms with Crippen molar-refractivity contribution in [2.24, 2.45) is 0 Å². The largest absolute Gasteiger partial charge is 0.353 e. The van der Waals surface area contributed by atoms with Crippen LogP contribution in [0.2, 0.25) is 0 Å². The van der Waals surface area contributed by atoms with E-state index in [0.717, 1.165) is 31.3 Å². The van der Waals surface area contributed by atoms with Crippen LogP contribution in [0.4, 0.5) is 5.95 Å². The van der Waals surface area contributed by atoms with Gasteiger partial charge in [0.05, 0.1) is 5.69 Å². The zero-order valence-electron chi connectivity index (χ0n) is 14.7. The molecule has 0 saturated carbocycles. The Labute approximate surface area is 130 Å². The van der Waals surface area contributed by atoms with E-state index in [1.165, 1.54) is 32.2 Å². The second kappa shape index (κ2) is 9.82. The minimum atomic E-state index is 0.475. The van der Waals surface area contributed by atoms with Crippen LogP contribution >= 0.6 is 0 Å². The number of imidazole rings is 1. The molecule has 1 unspecified atom stereocenters. The maximum atomic E-state index is 4.62. The van der Waals surface area contributed by atoms with Crippen LogP contribution in [0.1, 0.15) is 59.1 Å². The van der Waals surface area contributed by atoms with Gasteiger partial charge in [-0.3, -0.25) is 0 Å². The van der Waals surface area contributed by atoms with E-state index in [-0.39, 0.29) is 0 Å². The summed E-state index contributed by atoms with van der Waals surface area (Å²) in [5.41, 5.74) is 1.10. The number of nitrogens with zero attached hydrogens (tertiary/aromatic N) is 3. The molecular formula is C17H34N4. The average molecular weight is 294 g/mol. The molecule has 1 aromatic heterocycles. The van der Waals surface area contributed by atoms with Gasteiger partial charge in [0, 0.05) is 18.8 Å². The molecule has 1 heterocycles. The number of rotatable bonds is 11. The number of aryl methyl sites for hydroxylation is 2. The summed E-state index contributed by atoms with van der Waals surface area (Å²) in [5, 5.41) is 3.58. The first-order valence-corrected chi connectivity index (χ1v) is 8.63. The van der Waals surface area contributed by atoms with Gasteiger partial charge in [0.2, 0.25) is 5.95 Å². The van der Waals surface area contributed by atoms with E-state index in [2.05, 4.69) is 60.6 Å². The number of unbranched alkanes of at least 4 members (excludes halogenated alkanes) is 1. The van der Waals surface area contributed by atoms with Gasteiger partial charge >= 0.3 is 0 Å². The fourth-order valence-corrected chi connectivity index (χ4v) is 2.61. The first-order valence-electron chi connectivity index (χ1n) is 8.63. The molecule has 0 amide bonds. The Morgan fingerprint density at radius 1 is 1.24 bits per heavy atom. The molecule has 4 nitrogen and oxygen atoms in total. The number of aromatic nitrogens is 2. The van der Waals surface area contributed by atoms with Crippen LogP contribution in [-0.4, -0.2) is 40.1 Å². The van der Waals surface area contributed by atoms with E-state index in [1.54, 1.807) is 0 Å². The van der Waals surface area contributed by atoms with Gasteiger partial charge in [0.1, 0.15) is 0 Å². The molecule has 0 saturated heterocycles. The van der Waals surface area contributed by atoms with E-state index >= 15 is 0 Å². The van der Waals surface area contributed by atoms with Crippen molar-refractivity contribution in [3.63, 3.8) is 0 Å². The standard InChI is InChI=1S/C17H34N4/c1-6-9-13-21-14-16(5)19-17(21)18-15(4)11-10-12-20(7-2)8-3/h14-15H,6-13H2,1-5H3,(H,18,19). The van der Waals surface area contributed by atoms with Crippen LogP contribution in [0, 0.1) is 6.92 Å². The van der Waals surface area contributed by atoms with Crippen molar-refractivity contribution < 1.29 is 0 Å². The van der Waals surface area contributed by atoms with Crippen molar-refractivity contribution in [2.45, 2.75) is 72.9 Å². The van der Waals surface area contributed by atoms with E-state index in [0.29, 0.717) is 6.04 Å². The SMILES string of the molecule is CCCCn1cc(C)nc1NC(C)CCCN(CC)CC. The third-order valence-electron chi connectivity index (χ3n) is 4.03. The molecule has 0 aliphatic rings. The summed E-state index contributed by atoms with van der Waals surface area (Å²) in [6, 6.07) is 0.475. The minimum Gasteiger partial charge on any atom is -0.353 e. The van der Waals surface area contributed by atoms with Crippen LogP contribution < -0.4 is 5.32 Å². The summed E-state index contributed by atoms with van der Waals surface area (Å²) in [5.74, 6) is 1.04. The van der Waals surface area contributed by atoms with Crippen molar-refractivity contribution >= 4 is 5.95 Å². The predicted molar refractivity (Wildman–Crippen MR) is 92.0 cm³/mol. The molecule has 21 heavy (non-hydrogen) atoms. The molecule has 0 radical (unpaired) electrons. The lowest BCUT2D eigenvalue weighted by Crippen LogP contribution is -2.26. The fraction of sp³-hybridized carbons (Fsp3) is 0.824. The number of hydrogen-bond acceptors (Lipinski definition) is 3. The number of nitrogens with one attached hydrogen (secondary N) is 1. The molecule has 1 N–H and O–H groups in total. The summed E-state index contributed by atoms with van der Waals surface area (Å²) in [7, 11) is 0. The lowest BCUT2D eigenvalue weighted by molar-refractivity contribution is 0.295. The minimum absolute atomic E-state index is 0.475. The molecule has 0 spiro atoms. The normalized spacial score (nSPS) is 12.9. The highest BCUT2D eigenvalue weighted by atomic mass is 15.2. The van der Waals surface area contributed by atoms with Gasteiger partial charge in [-0.25, -0.2) is 4.98 Å². The van der Waals surface area contributed by atoms with Crippen molar-refractivity contribution in [3.8, 4) is 0 Å². The van der Waals surface area contributed by atoms with E-state index in [4.69, 9.17) is 0 Å².